The molecule has 9 nitrogen and oxygen atoms in total. The van der Waals surface area contributed by atoms with Crippen molar-refractivity contribution in [1.29, 1.82) is 0 Å². The van der Waals surface area contributed by atoms with Crippen LogP contribution in [0.1, 0.15) is 37.5 Å². The monoisotopic (exact) mass is 356 g/mol. The Kier molecular flexibility index (Phi) is 4.45. The minimum absolute atomic E-state index is 0.174. The van der Waals surface area contributed by atoms with Crippen LogP contribution in [0.25, 0.3) is 0 Å². The number of rotatable bonds is 5. The van der Waals surface area contributed by atoms with Crippen LogP contribution in [0.3, 0.4) is 0 Å². The summed E-state index contributed by atoms with van der Waals surface area (Å²) >= 11 is 0. The number of imidazole rings is 1. The average molecular weight is 356 g/mol. The SMILES string of the molecule is CN(C)S(=O)(=O)n1cncc1[C@H]1CC[C@@H](CN2C(=O)CCC2=O)O1. The number of ether oxygens (including phenoxy) is 1. The van der Waals surface area contributed by atoms with Crippen molar-refractivity contribution in [2.75, 3.05) is 20.6 Å². The molecule has 3 rings (SSSR count). The molecule has 1 aromatic heterocycles. The van der Waals surface area contributed by atoms with E-state index < -0.39 is 16.3 Å². The Hall–Kier alpha value is -1.78. The molecule has 2 saturated heterocycles. The van der Waals surface area contributed by atoms with Crippen molar-refractivity contribution >= 4 is 22.0 Å². The molecular formula is C14H20N4O5S. The lowest BCUT2D eigenvalue weighted by molar-refractivity contribution is -0.140. The summed E-state index contributed by atoms with van der Waals surface area (Å²) in [5.41, 5.74) is 0.449. The molecule has 2 amide bonds. The smallest absolute Gasteiger partial charge is 0.308 e. The van der Waals surface area contributed by atoms with E-state index in [2.05, 4.69) is 4.98 Å². The first-order chi connectivity index (χ1) is 11.3. The van der Waals surface area contributed by atoms with E-state index >= 15 is 0 Å². The Morgan fingerprint density at radius 2 is 1.92 bits per heavy atom. The second-order valence-corrected chi connectivity index (χ2v) is 8.15. The zero-order valence-corrected chi connectivity index (χ0v) is 14.4. The van der Waals surface area contributed by atoms with Crippen molar-refractivity contribution in [3.63, 3.8) is 0 Å². The number of aromatic nitrogens is 2. The molecule has 1 aromatic rings. The Labute approximate surface area is 140 Å². The summed E-state index contributed by atoms with van der Waals surface area (Å²) in [6.45, 7) is 0.225. The number of amides is 2. The maximum Gasteiger partial charge on any atom is 0.308 e. The van der Waals surface area contributed by atoms with Gasteiger partial charge in [0.1, 0.15) is 12.4 Å². The number of imide groups is 1. The summed E-state index contributed by atoms with van der Waals surface area (Å²) in [6.07, 6.45) is 3.76. The van der Waals surface area contributed by atoms with Crippen molar-refractivity contribution in [1.82, 2.24) is 18.2 Å². The summed E-state index contributed by atoms with van der Waals surface area (Å²) in [4.78, 5) is 28.6. The maximum absolute atomic E-state index is 12.3. The lowest BCUT2D eigenvalue weighted by atomic mass is 10.1. The number of hydrogen-bond acceptors (Lipinski definition) is 6. The first kappa shape index (κ1) is 17.1. The molecule has 2 fully saturated rings. The summed E-state index contributed by atoms with van der Waals surface area (Å²) in [6, 6.07) is 0. The highest BCUT2D eigenvalue weighted by Gasteiger charge is 2.36. The predicted octanol–water partition coefficient (Wildman–Crippen LogP) is -0.0933. The van der Waals surface area contributed by atoms with Gasteiger partial charge in [-0.3, -0.25) is 14.5 Å². The van der Waals surface area contributed by atoms with Gasteiger partial charge >= 0.3 is 10.2 Å². The molecule has 0 saturated carbocycles. The number of hydrogen-bond donors (Lipinski definition) is 0. The van der Waals surface area contributed by atoms with Gasteiger partial charge in [0.05, 0.1) is 24.5 Å². The molecule has 2 aliphatic rings. The maximum atomic E-state index is 12.3. The molecule has 24 heavy (non-hydrogen) atoms. The normalized spacial score (nSPS) is 25.2. The average Bonchev–Trinajstić information content (AvgIpc) is 3.23. The van der Waals surface area contributed by atoms with Crippen LogP contribution in [0.5, 0.6) is 0 Å². The van der Waals surface area contributed by atoms with Crippen LogP contribution < -0.4 is 0 Å². The number of likely N-dealkylation sites (tertiary alicyclic amines) is 1. The summed E-state index contributed by atoms with van der Waals surface area (Å²) in [5.74, 6) is -0.348. The quantitative estimate of drug-likeness (QED) is 0.683. The van der Waals surface area contributed by atoms with Crippen LogP contribution in [0.15, 0.2) is 12.5 Å². The molecular weight excluding hydrogens is 336 g/mol. The largest absolute Gasteiger partial charge is 0.367 e. The van der Waals surface area contributed by atoms with Gasteiger partial charge in [0, 0.05) is 26.9 Å². The zero-order chi connectivity index (χ0) is 17.5. The van der Waals surface area contributed by atoms with Gasteiger partial charge in [-0.25, -0.2) is 8.96 Å². The van der Waals surface area contributed by atoms with E-state index in [1.54, 1.807) is 0 Å². The second-order valence-electron chi connectivity index (χ2n) is 6.13. The highest BCUT2D eigenvalue weighted by Crippen LogP contribution is 2.34. The summed E-state index contributed by atoms with van der Waals surface area (Å²) in [5, 5.41) is 0. The zero-order valence-electron chi connectivity index (χ0n) is 13.6. The number of nitrogens with zero attached hydrogens (tertiary/aromatic N) is 4. The fourth-order valence-corrected chi connectivity index (χ4v) is 3.93. The van der Waals surface area contributed by atoms with Crippen LogP contribution in [-0.4, -0.2) is 65.1 Å². The molecule has 0 radical (unpaired) electrons. The number of carbonyl (C=O) groups excluding carboxylic acids is 2. The lowest BCUT2D eigenvalue weighted by Crippen LogP contribution is -2.36. The third-order valence-corrected chi connectivity index (χ3v) is 6.05. The highest BCUT2D eigenvalue weighted by atomic mass is 32.2. The van der Waals surface area contributed by atoms with Crippen molar-refractivity contribution in [3.8, 4) is 0 Å². The molecule has 0 bridgehead atoms. The highest BCUT2D eigenvalue weighted by molar-refractivity contribution is 7.87. The van der Waals surface area contributed by atoms with Crippen LogP contribution >= 0.6 is 0 Å². The number of carbonyl (C=O) groups is 2. The topological polar surface area (TPSA) is 102 Å². The molecule has 10 heteroatoms. The van der Waals surface area contributed by atoms with Gasteiger partial charge < -0.3 is 4.74 Å². The van der Waals surface area contributed by atoms with E-state index in [1.165, 1.54) is 31.5 Å². The van der Waals surface area contributed by atoms with Crippen LogP contribution in [0.2, 0.25) is 0 Å². The fourth-order valence-electron chi connectivity index (χ4n) is 2.98. The molecule has 0 aliphatic carbocycles. The van der Waals surface area contributed by atoms with Crippen molar-refractivity contribution in [2.24, 2.45) is 0 Å². The van der Waals surface area contributed by atoms with E-state index in [0.717, 1.165) is 8.28 Å². The van der Waals surface area contributed by atoms with Crippen molar-refractivity contribution in [2.45, 2.75) is 37.9 Å². The first-order valence-electron chi connectivity index (χ1n) is 7.74. The van der Waals surface area contributed by atoms with E-state index in [4.69, 9.17) is 4.74 Å². The Morgan fingerprint density at radius 3 is 2.54 bits per heavy atom. The fraction of sp³-hybridized carbons (Fsp3) is 0.643. The molecule has 3 heterocycles. The summed E-state index contributed by atoms with van der Waals surface area (Å²) < 4.78 is 32.7. The van der Waals surface area contributed by atoms with Crippen LogP contribution in [0.4, 0.5) is 0 Å². The molecule has 0 spiro atoms. The molecule has 132 valence electrons. The van der Waals surface area contributed by atoms with Gasteiger partial charge in [0.25, 0.3) is 0 Å². The standard InChI is InChI=1S/C14H20N4O5S/c1-16(2)24(21,22)18-9-15-7-11(18)12-4-3-10(23-12)8-17-13(19)5-6-14(17)20/h7,9-10,12H,3-6,8H2,1-2H3/t10-,12+/m0/s1. The Morgan fingerprint density at radius 1 is 1.25 bits per heavy atom. The van der Waals surface area contributed by atoms with Gasteiger partial charge in [-0.15, -0.1) is 0 Å². The molecule has 0 unspecified atom stereocenters. The van der Waals surface area contributed by atoms with Gasteiger partial charge in [-0.05, 0) is 12.8 Å². The van der Waals surface area contributed by atoms with E-state index in [-0.39, 0.29) is 37.3 Å². The van der Waals surface area contributed by atoms with Crippen LogP contribution in [-0.2, 0) is 24.5 Å². The summed E-state index contributed by atoms with van der Waals surface area (Å²) in [7, 11) is -0.777. The Balaban J connectivity index is 1.72. The van der Waals surface area contributed by atoms with Gasteiger partial charge in [-0.2, -0.15) is 12.7 Å². The molecule has 2 atom stereocenters. The molecule has 2 aliphatic heterocycles. The lowest BCUT2D eigenvalue weighted by Gasteiger charge is -2.20. The van der Waals surface area contributed by atoms with Crippen molar-refractivity contribution < 1.29 is 22.7 Å². The minimum Gasteiger partial charge on any atom is -0.367 e. The second kappa shape index (κ2) is 6.26. The van der Waals surface area contributed by atoms with E-state index in [0.29, 0.717) is 18.5 Å². The van der Waals surface area contributed by atoms with Gasteiger partial charge in [-0.1, -0.05) is 0 Å². The van der Waals surface area contributed by atoms with Gasteiger partial charge in [0.15, 0.2) is 0 Å². The molecule has 0 N–H and O–H groups in total. The van der Waals surface area contributed by atoms with Crippen molar-refractivity contribution in [3.05, 3.63) is 18.2 Å². The predicted molar refractivity (Wildman–Crippen MR) is 83.0 cm³/mol. The van der Waals surface area contributed by atoms with Crippen LogP contribution in [0, 0.1) is 0 Å². The minimum atomic E-state index is -3.67. The third-order valence-electron chi connectivity index (χ3n) is 4.32. The first-order valence-corrected chi connectivity index (χ1v) is 9.14. The molecule has 0 aromatic carbocycles. The van der Waals surface area contributed by atoms with E-state index in [9.17, 15) is 18.0 Å². The van der Waals surface area contributed by atoms with Gasteiger partial charge in [0.2, 0.25) is 11.8 Å². The van der Waals surface area contributed by atoms with E-state index in [1.807, 2.05) is 0 Å². The third kappa shape index (κ3) is 2.96. The Bertz CT molecular complexity index is 741.